The number of nitrogens with one attached hydrogen (secondary N) is 2. The minimum Gasteiger partial charge on any atom is -0.394 e. The highest BCUT2D eigenvalue weighted by Crippen LogP contribution is 2.29. The lowest BCUT2D eigenvalue weighted by molar-refractivity contribution is -0.122. The minimum absolute atomic E-state index is 0.0172. The molecule has 2 aromatic carbocycles. The number of nitrogens with zero attached hydrogens (tertiary/aromatic N) is 2. The van der Waals surface area contributed by atoms with E-state index >= 15 is 0 Å². The zero-order valence-electron chi connectivity index (χ0n) is 18.4. The smallest absolute Gasteiger partial charge is 0.254 e. The number of hydrogen-bond acceptors (Lipinski definition) is 6. The quantitative estimate of drug-likeness (QED) is 0.325. The molecule has 1 fully saturated rings. The van der Waals surface area contributed by atoms with Crippen molar-refractivity contribution in [2.24, 2.45) is 0 Å². The molecule has 182 valence electrons. The molecule has 1 aliphatic rings. The van der Waals surface area contributed by atoms with Crippen molar-refractivity contribution in [2.45, 2.75) is 24.8 Å². The second kappa shape index (κ2) is 10.6. The van der Waals surface area contributed by atoms with Crippen molar-refractivity contribution in [2.75, 3.05) is 18.9 Å². The lowest BCUT2D eigenvalue weighted by Gasteiger charge is -2.22. The van der Waals surface area contributed by atoms with E-state index in [9.17, 15) is 23.5 Å². The number of carbonyl (C=O) groups excluding carboxylic acids is 2. The van der Waals surface area contributed by atoms with Crippen molar-refractivity contribution in [3.05, 3.63) is 74.6 Å². The molecule has 2 amide bonds. The van der Waals surface area contributed by atoms with E-state index in [1.54, 1.807) is 12.3 Å². The number of nitrogens with two attached hydrogens (primary N) is 1. The summed E-state index contributed by atoms with van der Waals surface area (Å²) in [5, 5.41) is 15.0. The molecular formula is C24H22F2IN5O3. The largest absolute Gasteiger partial charge is 0.394 e. The minimum atomic E-state index is -0.917. The summed E-state index contributed by atoms with van der Waals surface area (Å²) in [4.78, 5) is 32.9. The highest BCUT2D eigenvalue weighted by molar-refractivity contribution is 14.1. The number of rotatable bonds is 6. The molecule has 0 radical (unpaired) electrons. The van der Waals surface area contributed by atoms with E-state index in [-0.39, 0.29) is 28.9 Å². The van der Waals surface area contributed by atoms with Crippen LogP contribution in [0, 0.1) is 15.2 Å². The van der Waals surface area contributed by atoms with Crippen molar-refractivity contribution < 1.29 is 23.5 Å². The molecule has 1 saturated heterocycles. The Hall–Kier alpha value is -3.19. The van der Waals surface area contributed by atoms with E-state index < -0.39 is 30.2 Å². The summed E-state index contributed by atoms with van der Waals surface area (Å²) in [6.45, 7) is -0.0633. The summed E-state index contributed by atoms with van der Waals surface area (Å²) >= 11 is 1.93. The van der Waals surface area contributed by atoms with Crippen LogP contribution in [0.15, 0.2) is 42.6 Å². The molecule has 4 rings (SSSR count). The predicted molar refractivity (Wildman–Crippen MR) is 133 cm³/mol. The number of halogens is 3. The Balaban J connectivity index is 1.56. The summed E-state index contributed by atoms with van der Waals surface area (Å²) in [5.74, 6) is -2.04. The third kappa shape index (κ3) is 5.73. The van der Waals surface area contributed by atoms with Crippen LogP contribution in [0.1, 0.15) is 46.4 Å². The van der Waals surface area contributed by atoms with Gasteiger partial charge in [-0.1, -0.05) is 6.07 Å². The molecule has 3 aromatic rings. The number of aliphatic hydroxyl groups excluding tert-OH is 1. The van der Waals surface area contributed by atoms with Gasteiger partial charge in [0, 0.05) is 28.0 Å². The lowest BCUT2D eigenvalue weighted by Crippen LogP contribution is -2.34. The number of nitrogen functional groups attached to an aromatic ring is 1. The van der Waals surface area contributed by atoms with Gasteiger partial charge in [0.2, 0.25) is 5.91 Å². The molecule has 11 heteroatoms. The Labute approximate surface area is 213 Å². The molecule has 1 aromatic heterocycles. The molecule has 8 nitrogen and oxygen atoms in total. The van der Waals surface area contributed by atoms with Crippen molar-refractivity contribution in [3.63, 3.8) is 0 Å². The first-order chi connectivity index (χ1) is 16.7. The third-order valence-corrected chi connectivity index (χ3v) is 6.39. The van der Waals surface area contributed by atoms with Gasteiger partial charge in [-0.15, -0.1) is 0 Å². The van der Waals surface area contributed by atoms with E-state index in [1.165, 1.54) is 24.3 Å². The highest BCUT2D eigenvalue weighted by atomic mass is 127. The second-order valence-corrected chi connectivity index (χ2v) is 9.42. The Morgan fingerprint density at radius 1 is 1.29 bits per heavy atom. The molecule has 1 unspecified atom stereocenters. The summed E-state index contributed by atoms with van der Waals surface area (Å²) in [5.41, 5.74) is 7.34. The summed E-state index contributed by atoms with van der Waals surface area (Å²) in [7, 11) is 0. The molecule has 0 spiro atoms. The first-order valence-corrected chi connectivity index (χ1v) is 11.9. The van der Waals surface area contributed by atoms with E-state index in [0.717, 1.165) is 6.07 Å². The third-order valence-electron chi connectivity index (χ3n) is 5.77. The molecule has 2 heterocycles. The van der Waals surface area contributed by atoms with Crippen LogP contribution in [0.4, 0.5) is 14.6 Å². The Bertz CT molecular complexity index is 1260. The monoisotopic (exact) mass is 593 g/mol. The molecular weight excluding hydrogens is 571 g/mol. The first kappa shape index (κ1) is 24.9. The average molecular weight is 593 g/mol. The number of benzene rings is 2. The average Bonchev–Trinajstić information content (AvgIpc) is 2.82. The molecule has 35 heavy (non-hydrogen) atoms. The maximum absolute atomic E-state index is 15.0. The van der Waals surface area contributed by atoms with Crippen LogP contribution >= 0.6 is 22.6 Å². The van der Waals surface area contributed by atoms with Crippen LogP contribution in [-0.4, -0.2) is 40.0 Å². The normalized spacial score (nSPS) is 16.5. The second-order valence-electron chi connectivity index (χ2n) is 8.17. The SMILES string of the molecule is Nc1ncc([C@H]2CCC(=O)NC2)nc1-c1ccc(C(=O)NC(CO)c2cc(F)cc(I)c2)c(F)c1. The number of amides is 2. The Morgan fingerprint density at radius 3 is 2.74 bits per heavy atom. The van der Waals surface area contributed by atoms with Gasteiger partial charge in [-0.3, -0.25) is 9.59 Å². The summed E-state index contributed by atoms with van der Waals surface area (Å²) in [6, 6.07) is 7.15. The number of piperidine rings is 1. The first-order valence-electron chi connectivity index (χ1n) is 10.8. The highest BCUT2D eigenvalue weighted by Gasteiger charge is 2.23. The maximum atomic E-state index is 15.0. The Morgan fingerprint density at radius 2 is 2.09 bits per heavy atom. The number of aliphatic hydroxyl groups is 1. The predicted octanol–water partition coefficient (Wildman–Crippen LogP) is 3.07. The lowest BCUT2D eigenvalue weighted by atomic mass is 9.96. The topological polar surface area (TPSA) is 130 Å². The van der Waals surface area contributed by atoms with Crippen LogP contribution in [0.5, 0.6) is 0 Å². The van der Waals surface area contributed by atoms with Crippen LogP contribution in [-0.2, 0) is 4.79 Å². The number of anilines is 1. The summed E-state index contributed by atoms with van der Waals surface area (Å²) in [6.07, 6.45) is 2.55. The van der Waals surface area contributed by atoms with Gasteiger partial charge in [0.25, 0.3) is 5.91 Å². The molecule has 0 bridgehead atoms. The fourth-order valence-corrected chi connectivity index (χ4v) is 4.56. The van der Waals surface area contributed by atoms with Crippen LogP contribution in [0.2, 0.25) is 0 Å². The number of hydrogen-bond donors (Lipinski definition) is 4. The molecule has 0 saturated carbocycles. The van der Waals surface area contributed by atoms with Gasteiger partial charge in [0.1, 0.15) is 23.1 Å². The van der Waals surface area contributed by atoms with Crippen LogP contribution in [0.3, 0.4) is 0 Å². The maximum Gasteiger partial charge on any atom is 0.254 e. The van der Waals surface area contributed by atoms with Crippen LogP contribution < -0.4 is 16.4 Å². The van der Waals surface area contributed by atoms with Gasteiger partial charge in [-0.25, -0.2) is 18.7 Å². The molecule has 2 atom stereocenters. The molecule has 5 N–H and O–H groups in total. The fourth-order valence-electron chi connectivity index (χ4n) is 3.90. The van der Waals surface area contributed by atoms with Crippen LogP contribution in [0.25, 0.3) is 11.3 Å². The van der Waals surface area contributed by atoms with E-state index in [0.29, 0.717) is 39.8 Å². The van der Waals surface area contributed by atoms with Gasteiger partial charge in [0.15, 0.2) is 0 Å². The van der Waals surface area contributed by atoms with Crippen molar-refractivity contribution in [1.82, 2.24) is 20.6 Å². The van der Waals surface area contributed by atoms with Crippen molar-refractivity contribution in [3.8, 4) is 11.3 Å². The van der Waals surface area contributed by atoms with E-state index in [1.807, 2.05) is 22.6 Å². The van der Waals surface area contributed by atoms with Crippen molar-refractivity contribution >= 4 is 40.2 Å². The standard InChI is InChI=1S/C24H22F2IN5O3/c25-15-5-14(6-16(27)8-15)20(11-33)32-24(35)17-3-1-12(7-18(17)26)22-23(28)30-10-19(31-22)13-2-4-21(34)29-9-13/h1,3,5-8,10,13,20,33H,2,4,9,11H2,(H2,28,30)(H,29,34)(H,32,35)/t13-,20?/m0/s1. The van der Waals surface area contributed by atoms with Gasteiger partial charge >= 0.3 is 0 Å². The fraction of sp³-hybridized carbons (Fsp3) is 0.250. The van der Waals surface area contributed by atoms with Gasteiger partial charge < -0.3 is 21.5 Å². The zero-order chi connectivity index (χ0) is 25.1. The summed E-state index contributed by atoms with van der Waals surface area (Å²) < 4.78 is 29.3. The van der Waals surface area contributed by atoms with Gasteiger partial charge in [-0.05, 0) is 64.9 Å². The Kier molecular flexibility index (Phi) is 7.55. The van der Waals surface area contributed by atoms with Crippen molar-refractivity contribution in [1.29, 1.82) is 0 Å². The van der Waals surface area contributed by atoms with E-state index in [4.69, 9.17) is 5.73 Å². The molecule has 1 aliphatic heterocycles. The van der Waals surface area contributed by atoms with E-state index in [2.05, 4.69) is 20.6 Å². The van der Waals surface area contributed by atoms with Gasteiger partial charge in [-0.2, -0.15) is 0 Å². The van der Waals surface area contributed by atoms with Gasteiger partial charge in [0.05, 0.1) is 30.1 Å². The molecule has 0 aliphatic carbocycles. The number of carbonyl (C=O) groups is 2. The number of aromatic nitrogens is 2. The zero-order valence-corrected chi connectivity index (χ0v) is 20.6.